The van der Waals surface area contributed by atoms with Gasteiger partial charge in [-0.25, -0.2) is 13.0 Å². The zero-order valence-corrected chi connectivity index (χ0v) is 12.6. The van der Waals surface area contributed by atoms with E-state index >= 15 is 0 Å². The maximum Gasteiger partial charge on any atom is 0.259 e. The lowest BCUT2D eigenvalue weighted by atomic mass is 9.89. The standard InChI is InChI=1S/C14H19F2NO2S/c1-13(2,20(17)18)8-11-9-5-4-6-12(19-3)10(9)7-14(11,15)16/h4-6,11H,7-8,17H2,1-3H3/t11-,20?/m1/s1. The van der Waals surface area contributed by atoms with Gasteiger partial charge in [0, 0.05) is 17.9 Å². The lowest BCUT2D eigenvalue weighted by Crippen LogP contribution is -2.37. The molecule has 0 fully saturated rings. The average molecular weight is 303 g/mol. The van der Waals surface area contributed by atoms with E-state index in [0.717, 1.165) is 0 Å². The normalized spacial score (nSPS) is 22.4. The molecule has 2 N–H and O–H groups in total. The zero-order valence-electron chi connectivity index (χ0n) is 11.8. The van der Waals surface area contributed by atoms with Gasteiger partial charge in [0.25, 0.3) is 5.92 Å². The van der Waals surface area contributed by atoms with Gasteiger partial charge < -0.3 is 4.74 Å². The fourth-order valence-corrected chi connectivity index (χ4v) is 3.04. The van der Waals surface area contributed by atoms with Crippen molar-refractivity contribution < 1.29 is 17.7 Å². The summed E-state index contributed by atoms with van der Waals surface area (Å²) in [7, 11) is -0.181. The number of halogens is 2. The first-order valence-corrected chi connectivity index (χ1v) is 7.60. The fraction of sp³-hybridized carbons (Fsp3) is 0.571. The molecular formula is C14H19F2NO2S. The van der Waals surface area contributed by atoms with Gasteiger partial charge in [-0.3, -0.25) is 5.14 Å². The molecule has 0 bridgehead atoms. The predicted octanol–water partition coefficient (Wildman–Crippen LogP) is 2.76. The van der Waals surface area contributed by atoms with Crippen molar-refractivity contribution in [2.45, 2.75) is 43.3 Å². The van der Waals surface area contributed by atoms with Crippen molar-refractivity contribution in [3.63, 3.8) is 0 Å². The summed E-state index contributed by atoms with van der Waals surface area (Å²) < 4.78 is 44.4. The van der Waals surface area contributed by atoms with E-state index in [2.05, 4.69) is 0 Å². The SMILES string of the molecule is COc1cccc2c1CC(F)(F)[C@@H]2CC(C)(C)S(N)=O. The summed E-state index contributed by atoms with van der Waals surface area (Å²) in [6, 6.07) is 5.08. The Kier molecular flexibility index (Phi) is 3.90. The molecule has 0 aromatic heterocycles. The summed E-state index contributed by atoms with van der Waals surface area (Å²) in [5.41, 5.74) is 1.12. The number of hydrogen-bond acceptors (Lipinski definition) is 2. The van der Waals surface area contributed by atoms with E-state index in [1.165, 1.54) is 7.11 Å². The van der Waals surface area contributed by atoms with E-state index in [-0.39, 0.29) is 12.8 Å². The van der Waals surface area contributed by atoms with Crippen molar-refractivity contribution in [3.05, 3.63) is 29.3 Å². The Hall–Kier alpha value is -1.01. The Balaban J connectivity index is 2.42. The molecule has 1 aliphatic carbocycles. The van der Waals surface area contributed by atoms with Crippen LogP contribution in [0.25, 0.3) is 0 Å². The van der Waals surface area contributed by atoms with Crippen molar-refractivity contribution in [3.8, 4) is 5.75 Å². The van der Waals surface area contributed by atoms with Crippen molar-refractivity contribution in [1.29, 1.82) is 0 Å². The van der Waals surface area contributed by atoms with Gasteiger partial charge in [-0.1, -0.05) is 12.1 Å². The van der Waals surface area contributed by atoms with Crippen LogP contribution in [-0.2, 0) is 17.4 Å². The van der Waals surface area contributed by atoms with Gasteiger partial charge in [0.15, 0.2) is 0 Å². The monoisotopic (exact) mass is 303 g/mol. The third kappa shape index (κ3) is 2.59. The average Bonchev–Trinajstić information content (AvgIpc) is 2.60. The maximum atomic E-state index is 14.3. The molecule has 2 atom stereocenters. The Bertz CT molecular complexity index is 546. The summed E-state index contributed by atoms with van der Waals surface area (Å²) >= 11 is 0. The van der Waals surface area contributed by atoms with E-state index in [0.29, 0.717) is 16.9 Å². The molecule has 1 unspecified atom stereocenters. The van der Waals surface area contributed by atoms with E-state index in [1.807, 2.05) is 0 Å². The van der Waals surface area contributed by atoms with Gasteiger partial charge in [-0.15, -0.1) is 0 Å². The highest BCUT2D eigenvalue weighted by atomic mass is 32.2. The quantitative estimate of drug-likeness (QED) is 0.930. The Labute approximate surface area is 120 Å². The summed E-state index contributed by atoms with van der Waals surface area (Å²) in [4.78, 5) is 0. The summed E-state index contributed by atoms with van der Waals surface area (Å²) in [5, 5.41) is 5.42. The minimum Gasteiger partial charge on any atom is -0.496 e. The first-order chi connectivity index (χ1) is 9.19. The Morgan fingerprint density at radius 2 is 2.15 bits per heavy atom. The lowest BCUT2D eigenvalue weighted by Gasteiger charge is -2.28. The number of nitrogens with two attached hydrogens (primary N) is 1. The second-order valence-corrected chi connectivity index (χ2v) is 7.48. The van der Waals surface area contributed by atoms with Gasteiger partial charge in [0.1, 0.15) is 5.75 Å². The van der Waals surface area contributed by atoms with E-state index in [4.69, 9.17) is 9.88 Å². The molecule has 2 rings (SSSR count). The first kappa shape index (κ1) is 15.4. The second kappa shape index (κ2) is 5.07. The molecule has 0 spiro atoms. The third-order valence-corrected chi connectivity index (χ3v) is 5.18. The topological polar surface area (TPSA) is 52.3 Å². The van der Waals surface area contributed by atoms with E-state index < -0.39 is 27.6 Å². The third-order valence-electron chi connectivity index (χ3n) is 3.93. The molecule has 0 aliphatic heterocycles. The number of fused-ring (bicyclic) bond motifs is 1. The lowest BCUT2D eigenvalue weighted by molar-refractivity contribution is -0.0200. The number of rotatable bonds is 4. The van der Waals surface area contributed by atoms with Crippen molar-refractivity contribution in [2.24, 2.45) is 5.14 Å². The highest BCUT2D eigenvalue weighted by molar-refractivity contribution is 7.84. The van der Waals surface area contributed by atoms with Crippen molar-refractivity contribution in [1.82, 2.24) is 0 Å². The highest BCUT2D eigenvalue weighted by Gasteiger charge is 2.50. The summed E-state index contributed by atoms with van der Waals surface area (Å²) in [5.74, 6) is -3.36. The van der Waals surface area contributed by atoms with Crippen LogP contribution in [0.4, 0.5) is 8.78 Å². The molecule has 0 heterocycles. The largest absolute Gasteiger partial charge is 0.496 e. The molecule has 0 saturated heterocycles. The van der Waals surface area contributed by atoms with Crippen LogP contribution in [-0.4, -0.2) is 22.0 Å². The molecule has 0 amide bonds. The van der Waals surface area contributed by atoms with Gasteiger partial charge in [0.05, 0.1) is 22.8 Å². The Morgan fingerprint density at radius 1 is 1.50 bits per heavy atom. The first-order valence-electron chi connectivity index (χ1n) is 6.39. The number of benzene rings is 1. The van der Waals surface area contributed by atoms with Crippen LogP contribution in [0.3, 0.4) is 0 Å². The van der Waals surface area contributed by atoms with Gasteiger partial charge in [-0.2, -0.15) is 0 Å². The number of hydrogen-bond donors (Lipinski definition) is 1. The van der Waals surface area contributed by atoms with Crippen LogP contribution in [0.1, 0.15) is 37.3 Å². The molecule has 0 saturated carbocycles. The molecule has 1 aromatic carbocycles. The fourth-order valence-electron chi connectivity index (χ4n) is 2.71. The van der Waals surface area contributed by atoms with Gasteiger partial charge in [-0.05, 0) is 31.9 Å². The van der Waals surface area contributed by atoms with Crippen LogP contribution < -0.4 is 9.88 Å². The molecule has 20 heavy (non-hydrogen) atoms. The molecule has 6 heteroatoms. The smallest absolute Gasteiger partial charge is 0.259 e. The van der Waals surface area contributed by atoms with E-state index in [9.17, 15) is 13.0 Å². The van der Waals surface area contributed by atoms with Crippen LogP contribution in [0, 0.1) is 0 Å². The molecular weight excluding hydrogens is 284 g/mol. The Morgan fingerprint density at radius 3 is 2.70 bits per heavy atom. The number of ether oxygens (including phenoxy) is 1. The van der Waals surface area contributed by atoms with Gasteiger partial charge in [0.2, 0.25) is 0 Å². The maximum absolute atomic E-state index is 14.3. The summed E-state index contributed by atoms with van der Waals surface area (Å²) in [6.45, 7) is 3.30. The second-order valence-electron chi connectivity index (χ2n) is 5.78. The van der Waals surface area contributed by atoms with Crippen LogP contribution >= 0.6 is 0 Å². The predicted molar refractivity (Wildman–Crippen MR) is 75.4 cm³/mol. The minimum absolute atomic E-state index is 0.0727. The number of methoxy groups -OCH3 is 1. The molecule has 1 aliphatic rings. The van der Waals surface area contributed by atoms with Crippen LogP contribution in [0.2, 0.25) is 0 Å². The molecule has 3 nitrogen and oxygen atoms in total. The summed E-state index contributed by atoms with van der Waals surface area (Å²) in [6.07, 6.45) is -0.270. The number of alkyl halides is 2. The van der Waals surface area contributed by atoms with Gasteiger partial charge >= 0.3 is 0 Å². The molecule has 1 aromatic rings. The minimum atomic E-state index is -2.87. The zero-order chi connectivity index (χ0) is 15.1. The van der Waals surface area contributed by atoms with Crippen molar-refractivity contribution >= 4 is 11.0 Å². The van der Waals surface area contributed by atoms with Crippen LogP contribution in [0.5, 0.6) is 5.75 Å². The van der Waals surface area contributed by atoms with Crippen LogP contribution in [0.15, 0.2) is 18.2 Å². The highest BCUT2D eigenvalue weighted by Crippen LogP contribution is 2.51. The van der Waals surface area contributed by atoms with E-state index in [1.54, 1.807) is 32.0 Å². The molecule has 112 valence electrons. The van der Waals surface area contributed by atoms with Crippen molar-refractivity contribution in [2.75, 3.05) is 7.11 Å². The molecule has 0 radical (unpaired) electrons.